The van der Waals surface area contributed by atoms with E-state index in [0.29, 0.717) is 5.92 Å². The lowest BCUT2D eigenvalue weighted by Gasteiger charge is -2.36. The summed E-state index contributed by atoms with van der Waals surface area (Å²) in [5.41, 5.74) is 9.97. The van der Waals surface area contributed by atoms with E-state index < -0.39 is 5.54 Å². The molecule has 0 saturated heterocycles. The molecule has 1 aliphatic rings. The molecular formula is C15H23N3. The van der Waals surface area contributed by atoms with E-state index in [0.717, 1.165) is 18.9 Å². The van der Waals surface area contributed by atoms with Crippen molar-refractivity contribution in [3.05, 3.63) is 34.9 Å². The number of hydrogen-bond donors (Lipinski definition) is 2. The minimum atomic E-state index is -0.507. The topological polar surface area (TPSA) is 50.4 Å². The Morgan fingerprint density at radius 2 is 2.06 bits per heavy atom. The van der Waals surface area contributed by atoms with Gasteiger partial charge < -0.3 is 11.1 Å². The van der Waals surface area contributed by atoms with Crippen molar-refractivity contribution < 1.29 is 0 Å². The van der Waals surface area contributed by atoms with E-state index in [1.807, 2.05) is 0 Å². The van der Waals surface area contributed by atoms with Crippen molar-refractivity contribution in [1.29, 1.82) is 0 Å². The van der Waals surface area contributed by atoms with Crippen LogP contribution in [0.15, 0.2) is 23.2 Å². The Morgan fingerprint density at radius 1 is 1.33 bits per heavy atom. The normalized spacial score (nSPS) is 18.4. The smallest absolute Gasteiger partial charge is 0.122 e. The maximum absolute atomic E-state index is 6.74. The van der Waals surface area contributed by atoms with E-state index in [4.69, 9.17) is 5.73 Å². The van der Waals surface area contributed by atoms with Crippen LogP contribution in [0.1, 0.15) is 30.5 Å². The second-order valence-electron chi connectivity index (χ2n) is 5.43. The maximum atomic E-state index is 6.74. The number of nitrogens with zero attached hydrogens (tertiary/aromatic N) is 1. The molecule has 1 atom stereocenters. The molecule has 0 radical (unpaired) electrons. The highest BCUT2D eigenvalue weighted by Gasteiger charge is 2.39. The van der Waals surface area contributed by atoms with Crippen molar-refractivity contribution >= 4 is 5.84 Å². The van der Waals surface area contributed by atoms with Crippen molar-refractivity contribution in [3.8, 4) is 0 Å². The molecule has 1 aliphatic heterocycles. The molecule has 0 saturated carbocycles. The largest absolute Gasteiger partial charge is 0.370 e. The van der Waals surface area contributed by atoms with E-state index in [2.05, 4.69) is 56.2 Å². The molecule has 18 heavy (non-hydrogen) atoms. The Balaban J connectivity index is 2.57. The fourth-order valence-electron chi connectivity index (χ4n) is 2.59. The highest BCUT2D eigenvalue weighted by atomic mass is 15.1. The Labute approximate surface area is 109 Å². The summed E-state index contributed by atoms with van der Waals surface area (Å²) in [5.74, 6) is 1.23. The molecule has 0 bridgehead atoms. The number of nitrogens with one attached hydrogen (secondary N) is 1. The van der Waals surface area contributed by atoms with Gasteiger partial charge in [0.1, 0.15) is 11.4 Å². The van der Waals surface area contributed by atoms with Gasteiger partial charge in [-0.05, 0) is 36.5 Å². The van der Waals surface area contributed by atoms with Crippen LogP contribution in [0, 0.1) is 19.8 Å². The molecule has 0 aliphatic carbocycles. The summed E-state index contributed by atoms with van der Waals surface area (Å²) in [4.78, 5) is 4.56. The van der Waals surface area contributed by atoms with Crippen LogP contribution >= 0.6 is 0 Å². The lowest BCUT2D eigenvalue weighted by molar-refractivity contribution is 0.418. The molecule has 1 aromatic carbocycles. The number of hydrogen-bond acceptors (Lipinski definition) is 3. The SMILES string of the molecule is Cc1cccc(C(N)(C2=NCCN2)C(C)C)c1C. The molecule has 3 heteroatoms. The van der Waals surface area contributed by atoms with Crippen molar-refractivity contribution in [1.82, 2.24) is 5.32 Å². The van der Waals surface area contributed by atoms with E-state index in [-0.39, 0.29) is 0 Å². The van der Waals surface area contributed by atoms with Crippen LogP contribution < -0.4 is 11.1 Å². The molecule has 0 spiro atoms. The van der Waals surface area contributed by atoms with Crippen molar-refractivity contribution in [2.75, 3.05) is 13.1 Å². The summed E-state index contributed by atoms with van der Waals surface area (Å²) >= 11 is 0. The summed E-state index contributed by atoms with van der Waals surface area (Å²) in [6.07, 6.45) is 0. The molecule has 1 unspecified atom stereocenters. The molecule has 2 rings (SSSR count). The Bertz CT molecular complexity index is 477. The number of amidine groups is 1. The van der Waals surface area contributed by atoms with Gasteiger partial charge in [0, 0.05) is 6.54 Å². The number of aryl methyl sites for hydroxylation is 1. The Hall–Kier alpha value is -1.35. The monoisotopic (exact) mass is 245 g/mol. The fourth-order valence-corrected chi connectivity index (χ4v) is 2.59. The van der Waals surface area contributed by atoms with Crippen molar-refractivity contribution in [2.24, 2.45) is 16.6 Å². The molecule has 1 aromatic rings. The van der Waals surface area contributed by atoms with Crippen LogP contribution in [-0.4, -0.2) is 18.9 Å². The van der Waals surface area contributed by atoms with Crippen LogP contribution in [0.25, 0.3) is 0 Å². The average molecular weight is 245 g/mol. The molecular weight excluding hydrogens is 222 g/mol. The van der Waals surface area contributed by atoms with Gasteiger partial charge in [0.25, 0.3) is 0 Å². The Morgan fingerprint density at radius 3 is 2.61 bits per heavy atom. The predicted molar refractivity (Wildman–Crippen MR) is 76.9 cm³/mol. The third kappa shape index (κ3) is 1.93. The highest BCUT2D eigenvalue weighted by molar-refractivity contribution is 5.94. The van der Waals surface area contributed by atoms with Gasteiger partial charge in [-0.25, -0.2) is 0 Å². The first-order valence-corrected chi connectivity index (χ1v) is 6.62. The van der Waals surface area contributed by atoms with Crippen molar-refractivity contribution in [2.45, 2.75) is 33.2 Å². The van der Waals surface area contributed by atoms with E-state index >= 15 is 0 Å². The van der Waals surface area contributed by atoms with Gasteiger partial charge in [-0.3, -0.25) is 4.99 Å². The number of nitrogens with two attached hydrogens (primary N) is 1. The van der Waals surface area contributed by atoms with Gasteiger partial charge in [0.15, 0.2) is 0 Å². The first-order chi connectivity index (χ1) is 8.48. The number of benzene rings is 1. The molecule has 3 nitrogen and oxygen atoms in total. The molecule has 1 heterocycles. The third-order valence-corrected chi connectivity index (χ3v) is 4.03. The van der Waals surface area contributed by atoms with Crippen LogP contribution in [0.4, 0.5) is 0 Å². The van der Waals surface area contributed by atoms with Gasteiger partial charge in [-0.15, -0.1) is 0 Å². The molecule has 98 valence electrons. The van der Waals surface area contributed by atoms with Crippen LogP contribution in [-0.2, 0) is 5.54 Å². The van der Waals surface area contributed by atoms with Gasteiger partial charge in [-0.1, -0.05) is 32.0 Å². The fraction of sp³-hybridized carbons (Fsp3) is 0.533. The van der Waals surface area contributed by atoms with E-state index in [9.17, 15) is 0 Å². The van der Waals surface area contributed by atoms with Gasteiger partial charge >= 0.3 is 0 Å². The summed E-state index contributed by atoms with van der Waals surface area (Å²) in [6.45, 7) is 10.3. The lowest BCUT2D eigenvalue weighted by atomic mass is 9.77. The summed E-state index contributed by atoms with van der Waals surface area (Å²) in [5, 5.41) is 3.35. The van der Waals surface area contributed by atoms with Crippen molar-refractivity contribution in [3.63, 3.8) is 0 Å². The zero-order valence-electron chi connectivity index (χ0n) is 11.7. The zero-order chi connectivity index (χ0) is 13.3. The van der Waals surface area contributed by atoms with Crippen LogP contribution in [0.2, 0.25) is 0 Å². The van der Waals surface area contributed by atoms with Gasteiger partial charge in [0.05, 0.1) is 6.54 Å². The molecule has 3 N–H and O–H groups in total. The first-order valence-electron chi connectivity index (χ1n) is 6.62. The minimum absolute atomic E-state index is 0.294. The van der Waals surface area contributed by atoms with Crippen LogP contribution in [0.5, 0.6) is 0 Å². The standard InChI is InChI=1S/C15H23N3/c1-10(2)15(16,14-17-8-9-18-14)13-7-5-6-11(3)12(13)4/h5-7,10H,8-9,16H2,1-4H3,(H,17,18). The first kappa shape index (κ1) is 13.1. The molecule has 0 fully saturated rings. The Kier molecular flexibility index (Phi) is 3.44. The number of rotatable bonds is 3. The quantitative estimate of drug-likeness (QED) is 0.857. The summed E-state index contributed by atoms with van der Waals surface area (Å²) in [6, 6.07) is 6.34. The minimum Gasteiger partial charge on any atom is -0.370 e. The van der Waals surface area contributed by atoms with Gasteiger partial charge in [-0.2, -0.15) is 0 Å². The third-order valence-electron chi connectivity index (χ3n) is 4.03. The second kappa shape index (κ2) is 4.73. The molecule has 0 aromatic heterocycles. The summed E-state index contributed by atoms with van der Waals surface area (Å²) < 4.78 is 0. The number of aliphatic imine (C=N–C) groups is 1. The maximum Gasteiger partial charge on any atom is 0.122 e. The highest BCUT2D eigenvalue weighted by Crippen LogP contribution is 2.32. The van der Waals surface area contributed by atoms with Crippen LogP contribution in [0.3, 0.4) is 0 Å². The van der Waals surface area contributed by atoms with E-state index in [1.165, 1.54) is 16.7 Å². The molecule has 0 amide bonds. The zero-order valence-corrected chi connectivity index (χ0v) is 11.7. The average Bonchev–Trinajstić information content (AvgIpc) is 2.85. The summed E-state index contributed by atoms with van der Waals surface area (Å²) in [7, 11) is 0. The van der Waals surface area contributed by atoms with Gasteiger partial charge in [0.2, 0.25) is 0 Å². The predicted octanol–water partition coefficient (Wildman–Crippen LogP) is 2.12. The second-order valence-corrected chi connectivity index (χ2v) is 5.43. The van der Waals surface area contributed by atoms with E-state index in [1.54, 1.807) is 0 Å². The lowest BCUT2D eigenvalue weighted by Crippen LogP contribution is -2.54.